The molecule has 8 heteroatoms. The summed E-state index contributed by atoms with van der Waals surface area (Å²) in [5.74, 6) is -0.235. The molecule has 6 rings (SSSR count). The summed E-state index contributed by atoms with van der Waals surface area (Å²) in [6.45, 7) is 12.7. The minimum Gasteiger partial charge on any atom is -0.369 e. The van der Waals surface area contributed by atoms with Crippen molar-refractivity contribution in [2.45, 2.75) is 20.4 Å². The lowest BCUT2D eigenvalue weighted by molar-refractivity contribution is -0.111. The SMILES string of the molecule is C=CC(=O)Nc1cc(-c2c(-c3ccc(N4CCN(C)CC4)cc3)[nH]c3ncc(-c4cnn(CC)c4)cc23)ccc1C. The Labute approximate surface area is 240 Å². The van der Waals surface area contributed by atoms with E-state index in [1.165, 1.54) is 11.8 Å². The molecule has 0 bridgehead atoms. The van der Waals surface area contributed by atoms with Gasteiger partial charge in [-0.05, 0) is 67.9 Å². The summed E-state index contributed by atoms with van der Waals surface area (Å²) in [7, 11) is 2.17. The van der Waals surface area contributed by atoms with Crippen molar-refractivity contribution in [1.29, 1.82) is 0 Å². The van der Waals surface area contributed by atoms with Crippen LogP contribution in [-0.4, -0.2) is 63.8 Å². The summed E-state index contributed by atoms with van der Waals surface area (Å²) in [5.41, 5.74) is 9.90. The molecule has 2 aromatic carbocycles. The number of pyridine rings is 1. The molecule has 1 aliphatic rings. The van der Waals surface area contributed by atoms with Crippen LogP contribution in [0.1, 0.15) is 12.5 Å². The van der Waals surface area contributed by atoms with Gasteiger partial charge in [-0.1, -0.05) is 30.8 Å². The lowest BCUT2D eigenvalue weighted by Gasteiger charge is -2.34. The zero-order valence-electron chi connectivity index (χ0n) is 23.8. The molecule has 0 aliphatic carbocycles. The standard InChI is InChI=1S/C33H35N7O/c1-5-30(41)36-29-18-24(8-7-22(29)3)31-28-17-25(26-20-35-40(6-2)21-26)19-34-33(28)37-32(31)23-9-11-27(12-10-23)39-15-13-38(4)14-16-39/h5,7-12,17-21H,1,6,13-16H2,2-4H3,(H,34,37)(H,36,41). The summed E-state index contributed by atoms with van der Waals surface area (Å²) >= 11 is 0. The van der Waals surface area contributed by atoms with Gasteiger partial charge in [-0.2, -0.15) is 5.10 Å². The number of rotatable bonds is 7. The van der Waals surface area contributed by atoms with Gasteiger partial charge in [-0.15, -0.1) is 0 Å². The monoisotopic (exact) mass is 545 g/mol. The average Bonchev–Trinajstić information content (AvgIpc) is 3.63. The third-order valence-electron chi connectivity index (χ3n) is 7.93. The van der Waals surface area contributed by atoms with Gasteiger partial charge in [0.25, 0.3) is 0 Å². The lowest BCUT2D eigenvalue weighted by Crippen LogP contribution is -2.44. The van der Waals surface area contributed by atoms with Crippen LogP contribution in [0.5, 0.6) is 0 Å². The van der Waals surface area contributed by atoms with E-state index < -0.39 is 0 Å². The van der Waals surface area contributed by atoms with Gasteiger partial charge in [-0.3, -0.25) is 9.48 Å². The third kappa shape index (κ3) is 5.26. The number of nitrogens with zero attached hydrogens (tertiary/aromatic N) is 5. The van der Waals surface area contributed by atoms with E-state index in [4.69, 9.17) is 4.98 Å². The van der Waals surface area contributed by atoms with Crippen molar-refractivity contribution in [3.05, 3.63) is 85.3 Å². The molecule has 41 heavy (non-hydrogen) atoms. The molecule has 8 nitrogen and oxygen atoms in total. The zero-order valence-corrected chi connectivity index (χ0v) is 23.8. The quantitative estimate of drug-likeness (QED) is 0.247. The molecule has 4 heterocycles. The van der Waals surface area contributed by atoms with Crippen LogP contribution in [0, 0.1) is 6.92 Å². The Morgan fingerprint density at radius 3 is 2.46 bits per heavy atom. The molecule has 3 aromatic heterocycles. The summed E-state index contributed by atoms with van der Waals surface area (Å²) in [5, 5.41) is 8.43. The van der Waals surface area contributed by atoms with Gasteiger partial charge >= 0.3 is 0 Å². The highest BCUT2D eigenvalue weighted by atomic mass is 16.1. The Morgan fingerprint density at radius 1 is 1.00 bits per heavy atom. The maximum Gasteiger partial charge on any atom is 0.247 e. The first-order chi connectivity index (χ1) is 19.9. The van der Waals surface area contributed by atoms with Crippen molar-refractivity contribution in [2.75, 3.05) is 43.4 Å². The normalized spacial score (nSPS) is 14.0. The molecule has 1 amide bonds. The summed E-state index contributed by atoms with van der Waals surface area (Å²) in [6.07, 6.45) is 7.11. The largest absolute Gasteiger partial charge is 0.369 e. The Morgan fingerprint density at radius 2 is 1.76 bits per heavy atom. The van der Waals surface area contributed by atoms with E-state index >= 15 is 0 Å². The van der Waals surface area contributed by atoms with Crippen LogP contribution in [0.2, 0.25) is 0 Å². The van der Waals surface area contributed by atoms with E-state index in [0.717, 1.165) is 88.5 Å². The number of nitrogens with one attached hydrogen (secondary N) is 2. The van der Waals surface area contributed by atoms with Gasteiger partial charge in [-0.25, -0.2) is 4.98 Å². The number of fused-ring (bicyclic) bond motifs is 1. The molecular weight excluding hydrogens is 510 g/mol. The van der Waals surface area contributed by atoms with Crippen LogP contribution < -0.4 is 10.2 Å². The Kier molecular flexibility index (Phi) is 7.15. The molecule has 0 unspecified atom stereocenters. The predicted molar refractivity (Wildman–Crippen MR) is 167 cm³/mol. The van der Waals surface area contributed by atoms with Gasteiger partial charge in [0.15, 0.2) is 0 Å². The number of anilines is 2. The molecule has 0 radical (unpaired) electrons. The number of hydrogen-bond acceptors (Lipinski definition) is 5. The van der Waals surface area contributed by atoms with Crippen molar-refractivity contribution in [1.82, 2.24) is 24.6 Å². The van der Waals surface area contributed by atoms with Crippen LogP contribution in [-0.2, 0) is 11.3 Å². The van der Waals surface area contributed by atoms with Gasteiger partial charge in [0, 0.05) is 78.6 Å². The van der Waals surface area contributed by atoms with Gasteiger partial charge in [0.1, 0.15) is 5.65 Å². The first kappa shape index (κ1) is 26.5. The second-order valence-corrected chi connectivity index (χ2v) is 10.6. The molecule has 208 valence electrons. The Balaban J connectivity index is 1.48. The number of hydrogen-bond donors (Lipinski definition) is 2. The van der Waals surface area contributed by atoms with E-state index in [1.54, 1.807) is 0 Å². The number of aromatic amines is 1. The summed E-state index contributed by atoms with van der Waals surface area (Å²) in [4.78, 5) is 25.4. The summed E-state index contributed by atoms with van der Waals surface area (Å²) in [6, 6.07) is 17.1. The first-order valence-electron chi connectivity index (χ1n) is 14.1. The predicted octanol–water partition coefficient (Wildman–Crippen LogP) is 5.97. The van der Waals surface area contributed by atoms with Crippen molar-refractivity contribution in [3.63, 3.8) is 0 Å². The number of H-pyrrole nitrogens is 1. The number of aromatic nitrogens is 4. The van der Waals surface area contributed by atoms with E-state index in [0.29, 0.717) is 0 Å². The topological polar surface area (TPSA) is 82.1 Å². The van der Waals surface area contributed by atoms with Crippen LogP contribution in [0.25, 0.3) is 44.5 Å². The molecule has 0 saturated carbocycles. The maximum absolute atomic E-state index is 12.2. The molecule has 1 aliphatic heterocycles. The minimum absolute atomic E-state index is 0.235. The van der Waals surface area contributed by atoms with Crippen molar-refractivity contribution in [2.24, 2.45) is 0 Å². The van der Waals surface area contributed by atoms with Gasteiger partial charge < -0.3 is 20.1 Å². The van der Waals surface area contributed by atoms with Crippen LogP contribution in [0.4, 0.5) is 11.4 Å². The van der Waals surface area contributed by atoms with E-state index in [9.17, 15) is 4.79 Å². The highest BCUT2D eigenvalue weighted by Crippen LogP contribution is 2.40. The molecule has 2 N–H and O–H groups in total. The lowest BCUT2D eigenvalue weighted by atomic mass is 9.96. The second kappa shape index (κ2) is 11.1. The smallest absolute Gasteiger partial charge is 0.247 e. The molecule has 0 atom stereocenters. The van der Waals surface area contributed by atoms with Crippen molar-refractivity contribution >= 4 is 28.3 Å². The Bertz CT molecular complexity index is 1720. The minimum atomic E-state index is -0.235. The fraction of sp³-hybridized carbons (Fsp3) is 0.242. The number of benzene rings is 2. The second-order valence-electron chi connectivity index (χ2n) is 10.6. The van der Waals surface area contributed by atoms with Crippen LogP contribution >= 0.6 is 0 Å². The van der Waals surface area contributed by atoms with Gasteiger partial charge in [0.05, 0.1) is 11.9 Å². The van der Waals surface area contributed by atoms with E-state index in [-0.39, 0.29) is 5.91 Å². The number of amides is 1. The fourth-order valence-corrected chi connectivity index (χ4v) is 5.43. The van der Waals surface area contributed by atoms with E-state index in [1.807, 2.05) is 42.3 Å². The number of carbonyl (C=O) groups excluding carboxylic acids is 1. The number of aryl methyl sites for hydroxylation is 2. The molecule has 1 fully saturated rings. The Hall–Kier alpha value is -4.69. The zero-order chi connectivity index (χ0) is 28.5. The highest BCUT2D eigenvalue weighted by molar-refractivity contribution is 6.05. The van der Waals surface area contributed by atoms with Gasteiger partial charge in [0.2, 0.25) is 5.91 Å². The molecular formula is C33H35N7O. The number of likely N-dealkylation sites (N-methyl/N-ethyl adjacent to an activating group) is 1. The molecule has 0 spiro atoms. The fourth-order valence-electron chi connectivity index (χ4n) is 5.43. The average molecular weight is 546 g/mol. The van der Waals surface area contributed by atoms with Crippen molar-refractivity contribution < 1.29 is 4.79 Å². The number of carbonyl (C=O) groups is 1. The van der Waals surface area contributed by atoms with Crippen molar-refractivity contribution in [3.8, 4) is 33.5 Å². The molecule has 1 saturated heterocycles. The maximum atomic E-state index is 12.2. The first-order valence-corrected chi connectivity index (χ1v) is 14.1. The molecule has 5 aromatic rings. The van der Waals surface area contributed by atoms with Crippen LogP contribution in [0.15, 0.2) is 79.8 Å². The highest BCUT2D eigenvalue weighted by Gasteiger charge is 2.20. The van der Waals surface area contributed by atoms with E-state index in [2.05, 4.69) is 82.1 Å². The summed E-state index contributed by atoms with van der Waals surface area (Å²) < 4.78 is 1.92. The van der Waals surface area contributed by atoms with Crippen LogP contribution in [0.3, 0.4) is 0 Å². The third-order valence-corrected chi connectivity index (χ3v) is 7.93. The number of piperazine rings is 1.